The Kier molecular flexibility index (Phi) is 13.5. The van der Waals surface area contributed by atoms with E-state index in [2.05, 4.69) is 100 Å². The van der Waals surface area contributed by atoms with Crippen LogP contribution in [0, 0.1) is 5.41 Å². The summed E-state index contributed by atoms with van der Waals surface area (Å²) in [7, 11) is 3.21. The number of benzene rings is 1. The first-order valence-corrected chi connectivity index (χ1v) is 16.9. The van der Waals surface area contributed by atoms with Gasteiger partial charge in [-0.1, -0.05) is 68.4 Å². The number of ether oxygens (including phenoxy) is 1. The zero-order valence-electron chi connectivity index (χ0n) is 31.3. The molecular weight excluding hydrogens is 606 g/mol. The normalized spacial score (nSPS) is 14.2. The molecule has 2 atom stereocenters. The third-order valence-electron chi connectivity index (χ3n) is 8.84. The molecule has 0 fully saturated rings. The summed E-state index contributed by atoms with van der Waals surface area (Å²) in [6.07, 6.45) is 2.36. The Hall–Kier alpha value is -3.80. The molecule has 12 nitrogen and oxygen atoms in total. The standard InChI is InChI=1S/C36H63N9O3/c1-33(2,3)22-18-24(34(4,5)6)27-23(28(35(7,8)9)44-25(27)19-22)20-26(45-32(39)40)29(46)43-21-36(30(47)48-11,14-12-16-41-10)15-13-17-42-31(37)38/h18-19,26,41,44H,12-17,20-21H2,1-11H3,(H,43,46)(H4,37,38,42)(H4,39,40,45)/t26-,36?/m0/s1. The summed E-state index contributed by atoms with van der Waals surface area (Å²) in [4.78, 5) is 39.7. The van der Waals surface area contributed by atoms with Gasteiger partial charge in [0.25, 0.3) is 0 Å². The molecule has 0 bridgehead atoms. The van der Waals surface area contributed by atoms with Crippen LogP contribution in [0.2, 0.25) is 0 Å². The molecule has 0 aliphatic rings. The summed E-state index contributed by atoms with van der Waals surface area (Å²) in [6, 6.07) is 3.57. The summed E-state index contributed by atoms with van der Waals surface area (Å²) in [5, 5.41) is 7.25. The number of carbonyl (C=O) groups is 2. The number of fused-ring (bicyclic) bond motifs is 1. The quantitative estimate of drug-likeness (QED) is 0.0643. The Labute approximate surface area is 287 Å². The summed E-state index contributed by atoms with van der Waals surface area (Å²) < 4.78 is 5.28. The summed E-state index contributed by atoms with van der Waals surface area (Å²) in [6.45, 7) is 20.8. The Morgan fingerprint density at radius 3 is 2.02 bits per heavy atom. The predicted octanol–water partition coefficient (Wildman–Crippen LogP) is 3.57. The highest BCUT2D eigenvalue weighted by Gasteiger charge is 2.40. The van der Waals surface area contributed by atoms with E-state index in [9.17, 15) is 9.59 Å². The molecule has 0 spiro atoms. The van der Waals surface area contributed by atoms with Crippen molar-refractivity contribution in [3.8, 4) is 0 Å². The van der Waals surface area contributed by atoms with Gasteiger partial charge in [0.2, 0.25) is 5.91 Å². The van der Waals surface area contributed by atoms with Crippen LogP contribution in [0.25, 0.3) is 10.9 Å². The van der Waals surface area contributed by atoms with E-state index in [4.69, 9.17) is 27.7 Å². The molecule has 1 heterocycles. The Morgan fingerprint density at radius 2 is 1.52 bits per heavy atom. The highest BCUT2D eigenvalue weighted by molar-refractivity contribution is 5.92. The number of rotatable bonds is 15. The smallest absolute Gasteiger partial charge is 0.313 e. The number of carbonyl (C=O) groups excluding carboxylic acids is 2. The zero-order valence-corrected chi connectivity index (χ0v) is 31.3. The number of nitrogens with zero attached hydrogens (tertiary/aromatic N) is 2. The van der Waals surface area contributed by atoms with E-state index in [0.717, 1.165) is 22.2 Å². The number of nitrogens with one attached hydrogen (secondary N) is 3. The number of hydrogen-bond donors (Lipinski definition) is 7. The van der Waals surface area contributed by atoms with E-state index < -0.39 is 17.4 Å². The van der Waals surface area contributed by atoms with Gasteiger partial charge in [-0.3, -0.25) is 14.6 Å². The Morgan fingerprint density at radius 1 is 0.896 bits per heavy atom. The van der Waals surface area contributed by atoms with Crippen molar-refractivity contribution in [2.24, 2.45) is 38.3 Å². The lowest BCUT2D eigenvalue weighted by Gasteiger charge is -2.32. The summed E-state index contributed by atoms with van der Waals surface area (Å²) in [5.41, 5.74) is 26.8. The minimum atomic E-state index is -0.997. The average Bonchev–Trinajstić information content (AvgIpc) is 3.34. The highest BCUT2D eigenvalue weighted by atomic mass is 16.5. The van der Waals surface area contributed by atoms with Crippen molar-refractivity contribution in [1.82, 2.24) is 15.6 Å². The minimum absolute atomic E-state index is 0.0154. The fraction of sp³-hybridized carbons (Fsp3) is 0.667. The summed E-state index contributed by atoms with van der Waals surface area (Å²) in [5.74, 6) is -0.993. The molecule has 2 rings (SSSR count). The van der Waals surface area contributed by atoms with E-state index in [0.29, 0.717) is 38.8 Å². The van der Waals surface area contributed by atoms with Crippen LogP contribution in [-0.4, -0.2) is 68.6 Å². The Bertz CT molecular complexity index is 1460. The number of methoxy groups -OCH3 is 1. The number of aromatic amines is 1. The second kappa shape index (κ2) is 16.1. The van der Waals surface area contributed by atoms with Crippen molar-refractivity contribution < 1.29 is 14.3 Å². The molecule has 0 radical (unpaired) electrons. The first-order valence-electron chi connectivity index (χ1n) is 16.9. The van der Waals surface area contributed by atoms with Gasteiger partial charge in [0.05, 0.1) is 12.5 Å². The number of amides is 1. The maximum atomic E-state index is 14.1. The van der Waals surface area contributed by atoms with Gasteiger partial charge < -0.3 is 43.3 Å². The lowest BCUT2D eigenvalue weighted by Crippen LogP contribution is -2.47. The van der Waals surface area contributed by atoms with Crippen LogP contribution in [0.3, 0.4) is 0 Å². The Balaban J connectivity index is 2.66. The van der Waals surface area contributed by atoms with Gasteiger partial charge in [-0.2, -0.15) is 0 Å². The molecule has 1 amide bonds. The number of aromatic nitrogens is 1. The molecule has 11 N–H and O–H groups in total. The first kappa shape index (κ1) is 40.4. The van der Waals surface area contributed by atoms with Crippen LogP contribution < -0.4 is 33.6 Å². The molecule has 48 heavy (non-hydrogen) atoms. The molecule has 1 aromatic heterocycles. The van der Waals surface area contributed by atoms with Crippen molar-refractivity contribution in [2.75, 3.05) is 33.8 Å². The summed E-state index contributed by atoms with van der Waals surface area (Å²) >= 11 is 0. The molecule has 0 saturated carbocycles. The predicted molar refractivity (Wildman–Crippen MR) is 198 cm³/mol. The SMILES string of the molecule is CNCCCC(CCCN=C(N)N)(CNC(=O)[C@H](Cc1c(C(C)(C)C)[nH]c2cc(C(C)(C)C)cc(C(C)(C)C)c12)N=C(N)N)C(=O)OC. The van der Waals surface area contributed by atoms with Crippen LogP contribution in [0.15, 0.2) is 22.1 Å². The van der Waals surface area contributed by atoms with Crippen molar-refractivity contribution in [3.05, 3.63) is 34.5 Å². The van der Waals surface area contributed by atoms with Crippen LogP contribution >= 0.6 is 0 Å². The van der Waals surface area contributed by atoms with E-state index in [1.807, 2.05) is 7.05 Å². The van der Waals surface area contributed by atoms with E-state index in [-0.39, 0.29) is 47.0 Å². The second-order valence-corrected chi connectivity index (χ2v) is 16.1. The van der Waals surface area contributed by atoms with Gasteiger partial charge >= 0.3 is 5.97 Å². The largest absolute Gasteiger partial charge is 0.469 e. The van der Waals surface area contributed by atoms with Crippen LogP contribution in [0.1, 0.15) is 110 Å². The van der Waals surface area contributed by atoms with Crippen molar-refractivity contribution in [1.29, 1.82) is 0 Å². The van der Waals surface area contributed by atoms with Gasteiger partial charge in [0, 0.05) is 41.5 Å². The number of hydrogen-bond acceptors (Lipinski definition) is 6. The van der Waals surface area contributed by atoms with Gasteiger partial charge in [0.1, 0.15) is 6.04 Å². The molecular formula is C36H63N9O3. The number of aliphatic imine (C=N–C) groups is 2. The highest BCUT2D eigenvalue weighted by Crippen LogP contribution is 2.41. The monoisotopic (exact) mass is 670 g/mol. The van der Waals surface area contributed by atoms with Gasteiger partial charge in [-0.25, -0.2) is 4.99 Å². The van der Waals surface area contributed by atoms with Crippen LogP contribution in [0.4, 0.5) is 0 Å². The van der Waals surface area contributed by atoms with Crippen molar-refractivity contribution in [2.45, 2.75) is 117 Å². The second-order valence-electron chi connectivity index (χ2n) is 16.1. The van der Waals surface area contributed by atoms with E-state index in [1.54, 1.807) is 0 Å². The van der Waals surface area contributed by atoms with Crippen LogP contribution in [-0.2, 0) is 37.0 Å². The third-order valence-corrected chi connectivity index (χ3v) is 8.84. The first-order chi connectivity index (χ1) is 22.1. The molecule has 0 aliphatic heterocycles. The number of guanidine groups is 2. The minimum Gasteiger partial charge on any atom is -0.469 e. The molecule has 1 unspecified atom stereocenters. The number of H-pyrrole nitrogens is 1. The molecule has 270 valence electrons. The average molecular weight is 670 g/mol. The van der Waals surface area contributed by atoms with Gasteiger partial charge in [-0.15, -0.1) is 0 Å². The number of nitrogens with two attached hydrogens (primary N) is 4. The molecule has 0 saturated heterocycles. The molecule has 12 heteroatoms. The molecule has 1 aromatic carbocycles. The maximum Gasteiger partial charge on any atom is 0.313 e. The fourth-order valence-corrected chi connectivity index (χ4v) is 6.24. The topological polar surface area (TPSA) is 212 Å². The van der Waals surface area contributed by atoms with Gasteiger partial charge in [0.15, 0.2) is 11.9 Å². The lowest BCUT2D eigenvalue weighted by molar-refractivity contribution is -0.154. The lowest BCUT2D eigenvalue weighted by atomic mass is 9.77. The van der Waals surface area contributed by atoms with Crippen molar-refractivity contribution >= 4 is 34.7 Å². The molecule has 0 aliphatic carbocycles. The zero-order chi connectivity index (χ0) is 36.7. The number of esters is 1. The van der Waals surface area contributed by atoms with Crippen molar-refractivity contribution in [3.63, 3.8) is 0 Å². The van der Waals surface area contributed by atoms with Crippen LogP contribution in [0.5, 0.6) is 0 Å². The third kappa shape index (κ3) is 10.6. The maximum absolute atomic E-state index is 14.1. The van der Waals surface area contributed by atoms with E-state index >= 15 is 0 Å². The molecule has 2 aromatic rings. The fourth-order valence-electron chi connectivity index (χ4n) is 6.24. The van der Waals surface area contributed by atoms with E-state index in [1.165, 1.54) is 18.2 Å². The van der Waals surface area contributed by atoms with Gasteiger partial charge in [-0.05, 0) is 72.9 Å².